The van der Waals surface area contributed by atoms with Crippen molar-refractivity contribution in [2.45, 2.75) is 67.2 Å². The molecule has 1 spiro atoms. The number of fused-ring (bicyclic) bond motifs is 1. The number of ether oxygens (including phenoxy) is 2. The molecule has 3 N–H and O–H groups in total. The van der Waals surface area contributed by atoms with Gasteiger partial charge in [0.15, 0.2) is 0 Å². The van der Waals surface area contributed by atoms with E-state index in [9.17, 15) is 26.7 Å². The van der Waals surface area contributed by atoms with Gasteiger partial charge in [-0.1, -0.05) is 17.7 Å². The molecule has 0 aliphatic carbocycles. The Morgan fingerprint density at radius 1 is 1.14 bits per heavy atom. The van der Waals surface area contributed by atoms with Gasteiger partial charge in [-0.25, -0.2) is 21.6 Å². The molecule has 2 atom stereocenters. The molecule has 12 nitrogen and oxygen atoms in total. The molecule has 0 saturated carbocycles. The lowest BCUT2D eigenvalue weighted by atomic mass is 9.88. The fourth-order valence-electron chi connectivity index (χ4n) is 5.93. The Kier molecular flexibility index (Phi) is 9.52. The van der Waals surface area contributed by atoms with E-state index in [2.05, 4.69) is 10.0 Å². The Hall–Kier alpha value is -2.85. The van der Waals surface area contributed by atoms with Crippen LogP contribution in [0.15, 0.2) is 63.2 Å². The van der Waals surface area contributed by atoms with Gasteiger partial charge in [-0.05, 0) is 64.4 Å². The molecule has 1 aromatic heterocycles. The van der Waals surface area contributed by atoms with E-state index < -0.39 is 37.2 Å². The number of nitrogens with one attached hydrogen (secondary N) is 2. The highest BCUT2D eigenvalue weighted by molar-refractivity contribution is 7.89. The predicted octanol–water partition coefficient (Wildman–Crippen LogP) is 1.58. The molecule has 0 radical (unpaired) electrons. The summed E-state index contributed by atoms with van der Waals surface area (Å²) >= 11 is 0. The number of hydrogen-bond donors (Lipinski definition) is 3. The number of aryl methyl sites for hydroxylation is 2. The van der Waals surface area contributed by atoms with Crippen LogP contribution in [0.2, 0.25) is 0 Å². The molecular formula is C30H40N4O8S2. The first-order chi connectivity index (χ1) is 20.9. The van der Waals surface area contributed by atoms with E-state index >= 15 is 0 Å². The molecule has 14 heteroatoms. The molecule has 2 saturated heterocycles. The van der Waals surface area contributed by atoms with Gasteiger partial charge in [0.2, 0.25) is 25.5 Å². The number of rotatable bonds is 11. The van der Waals surface area contributed by atoms with Gasteiger partial charge < -0.3 is 24.5 Å². The zero-order valence-corrected chi connectivity index (χ0v) is 26.8. The monoisotopic (exact) mass is 648 g/mol. The van der Waals surface area contributed by atoms with Crippen LogP contribution < -0.4 is 20.2 Å². The maximum Gasteiger partial charge on any atom is 0.248 e. The molecular weight excluding hydrogens is 608 g/mol. The first-order valence-corrected chi connectivity index (χ1v) is 17.7. The fourth-order valence-corrected chi connectivity index (χ4v) is 8.24. The summed E-state index contributed by atoms with van der Waals surface area (Å²) in [5.74, 6) is 0.331. The lowest BCUT2D eigenvalue weighted by Gasteiger charge is -2.38. The van der Waals surface area contributed by atoms with E-state index in [0.29, 0.717) is 49.1 Å². The van der Waals surface area contributed by atoms with Crippen LogP contribution in [-0.2, 0) is 31.3 Å². The van der Waals surface area contributed by atoms with Crippen molar-refractivity contribution in [3.05, 3.63) is 64.4 Å². The summed E-state index contributed by atoms with van der Waals surface area (Å²) in [7, 11) is -6.28. The number of benzene rings is 2. The summed E-state index contributed by atoms with van der Waals surface area (Å²) in [6, 6.07) is 11.5. The van der Waals surface area contributed by atoms with Crippen molar-refractivity contribution in [2.24, 2.45) is 0 Å². The number of hydrogen-bond acceptors (Lipinski definition) is 9. The van der Waals surface area contributed by atoms with Gasteiger partial charge in [0.1, 0.15) is 23.4 Å². The minimum Gasteiger partial charge on any atom is -0.491 e. The summed E-state index contributed by atoms with van der Waals surface area (Å²) in [5.41, 5.74) is 0.645. The quantitative estimate of drug-likeness (QED) is 0.281. The third-order valence-corrected chi connectivity index (χ3v) is 11.8. The van der Waals surface area contributed by atoms with Gasteiger partial charge >= 0.3 is 0 Å². The van der Waals surface area contributed by atoms with Gasteiger partial charge in [0, 0.05) is 49.9 Å². The van der Waals surface area contributed by atoms with Gasteiger partial charge in [0.05, 0.1) is 22.6 Å². The first kappa shape index (κ1) is 32.5. The van der Waals surface area contributed by atoms with Crippen molar-refractivity contribution in [2.75, 3.05) is 39.9 Å². The fraction of sp³-hybridized carbons (Fsp3) is 0.500. The van der Waals surface area contributed by atoms with Crippen LogP contribution in [0.25, 0.3) is 10.9 Å². The molecule has 44 heavy (non-hydrogen) atoms. The number of pyridine rings is 1. The number of aliphatic hydroxyl groups is 1. The topological polar surface area (TPSA) is 156 Å². The summed E-state index contributed by atoms with van der Waals surface area (Å²) < 4.78 is 68.6. The second-order valence-corrected chi connectivity index (χ2v) is 15.3. The summed E-state index contributed by atoms with van der Waals surface area (Å²) in [6.45, 7) is 5.44. The van der Waals surface area contributed by atoms with Crippen LogP contribution in [0.4, 0.5) is 0 Å². The lowest BCUT2D eigenvalue weighted by molar-refractivity contribution is -0.0312. The third kappa shape index (κ3) is 6.71. The van der Waals surface area contributed by atoms with E-state index in [-0.39, 0.29) is 42.1 Å². The van der Waals surface area contributed by atoms with Crippen LogP contribution in [0, 0.1) is 6.92 Å². The van der Waals surface area contributed by atoms with Crippen LogP contribution in [0.5, 0.6) is 5.75 Å². The minimum absolute atomic E-state index is 0.0302. The van der Waals surface area contributed by atoms with Crippen molar-refractivity contribution in [3.63, 3.8) is 0 Å². The number of nitrogens with zero attached hydrogens (tertiary/aromatic N) is 2. The Balaban J connectivity index is 1.15. The second kappa shape index (κ2) is 12.9. The number of piperidine rings is 1. The number of aliphatic hydroxyl groups excluding tert-OH is 1. The zero-order chi connectivity index (χ0) is 31.7. The second-order valence-electron chi connectivity index (χ2n) is 11.5. The maximum absolute atomic E-state index is 13.7. The molecule has 2 aromatic carbocycles. The Labute approximate surface area is 258 Å². The summed E-state index contributed by atoms with van der Waals surface area (Å²) in [5, 5.41) is 14.2. The molecule has 2 aliphatic rings. The van der Waals surface area contributed by atoms with E-state index in [1.165, 1.54) is 29.7 Å². The molecule has 2 unspecified atom stereocenters. The normalized spacial score (nSPS) is 19.9. The van der Waals surface area contributed by atoms with Crippen LogP contribution >= 0.6 is 0 Å². The molecule has 240 valence electrons. The minimum atomic E-state index is -4.01. The highest BCUT2D eigenvalue weighted by Gasteiger charge is 2.45. The largest absolute Gasteiger partial charge is 0.491 e. The van der Waals surface area contributed by atoms with Crippen molar-refractivity contribution in [1.29, 1.82) is 0 Å². The van der Waals surface area contributed by atoms with Crippen molar-refractivity contribution in [1.82, 2.24) is 18.9 Å². The average molecular weight is 649 g/mol. The summed E-state index contributed by atoms with van der Waals surface area (Å²) in [4.78, 5) is 13.2. The van der Waals surface area contributed by atoms with E-state index in [1.807, 2.05) is 26.0 Å². The van der Waals surface area contributed by atoms with E-state index in [4.69, 9.17) is 9.47 Å². The molecule has 2 aliphatic heterocycles. The number of sulfonamides is 2. The third-order valence-electron chi connectivity index (χ3n) is 8.47. The molecule has 5 rings (SSSR count). The maximum atomic E-state index is 13.7. The standard InChI is InChI=1S/C30H40N4O8S2/c1-4-33-18-28(29(36)26-14-21(2)8-9-27(26)33)44(39,40)34-12-10-30(11-13-34)16-22(19-42-30)32-17-23(35)20-41-24-6-5-7-25(15-24)43(37,38)31-3/h5-9,14-15,18,22-23,31-32,35H,4,10-13,16-17,19-20H2,1-3H3. The summed E-state index contributed by atoms with van der Waals surface area (Å²) in [6.07, 6.45) is 2.27. The first-order valence-electron chi connectivity index (χ1n) is 14.7. The lowest BCUT2D eigenvalue weighted by Crippen LogP contribution is -2.47. The van der Waals surface area contributed by atoms with E-state index in [1.54, 1.807) is 22.8 Å². The Morgan fingerprint density at radius 3 is 2.59 bits per heavy atom. The average Bonchev–Trinajstić information content (AvgIpc) is 3.41. The zero-order valence-electron chi connectivity index (χ0n) is 25.2. The van der Waals surface area contributed by atoms with Crippen LogP contribution in [0.3, 0.4) is 0 Å². The van der Waals surface area contributed by atoms with Gasteiger partial charge in [-0.3, -0.25) is 4.79 Å². The van der Waals surface area contributed by atoms with Gasteiger partial charge in [0.25, 0.3) is 0 Å². The highest BCUT2D eigenvalue weighted by atomic mass is 32.2. The van der Waals surface area contributed by atoms with Crippen LogP contribution in [0.1, 0.15) is 31.7 Å². The smallest absolute Gasteiger partial charge is 0.248 e. The Morgan fingerprint density at radius 2 is 1.89 bits per heavy atom. The predicted molar refractivity (Wildman–Crippen MR) is 166 cm³/mol. The van der Waals surface area contributed by atoms with Gasteiger partial charge in [-0.2, -0.15) is 4.31 Å². The van der Waals surface area contributed by atoms with E-state index in [0.717, 1.165) is 5.56 Å². The molecule has 2 fully saturated rings. The van der Waals surface area contributed by atoms with Gasteiger partial charge in [-0.15, -0.1) is 0 Å². The molecule has 0 bridgehead atoms. The van der Waals surface area contributed by atoms with Crippen molar-refractivity contribution < 1.29 is 31.4 Å². The number of aromatic nitrogens is 1. The molecule has 3 heterocycles. The molecule has 0 amide bonds. The highest BCUT2D eigenvalue weighted by Crippen LogP contribution is 2.37. The SMILES string of the molecule is CCn1cc(S(=O)(=O)N2CCC3(CC2)CC(NCC(O)COc2cccc(S(=O)(=O)NC)c2)CO3)c(=O)c2cc(C)ccc21. The van der Waals surface area contributed by atoms with Crippen LogP contribution in [-0.4, -0.2) is 88.5 Å². The van der Waals surface area contributed by atoms with Crippen molar-refractivity contribution in [3.8, 4) is 5.75 Å². The Bertz CT molecular complexity index is 1780. The molecule has 3 aromatic rings. The van der Waals surface area contributed by atoms with Crippen molar-refractivity contribution >= 4 is 30.9 Å².